The van der Waals surface area contributed by atoms with E-state index < -0.39 is 11.9 Å². The summed E-state index contributed by atoms with van der Waals surface area (Å²) in [5.74, 6) is -1.16. The summed E-state index contributed by atoms with van der Waals surface area (Å²) in [5, 5.41) is 2.89. The monoisotopic (exact) mass is 281 g/mol. The SMILES string of the molecule is O=C1CC=C(Nc2ccc(Br)cc2)C(=O)O1. The normalized spacial score (nSPS) is 15.4. The van der Waals surface area contributed by atoms with Crippen LogP contribution in [0.15, 0.2) is 40.5 Å². The molecule has 1 aromatic carbocycles. The third-order valence-corrected chi connectivity index (χ3v) is 2.55. The molecule has 0 atom stereocenters. The molecule has 0 radical (unpaired) electrons. The summed E-state index contributed by atoms with van der Waals surface area (Å²) in [7, 11) is 0. The molecule has 1 heterocycles. The number of ether oxygens (including phenoxy) is 1. The molecule has 1 N–H and O–H groups in total. The highest BCUT2D eigenvalue weighted by molar-refractivity contribution is 9.10. The summed E-state index contributed by atoms with van der Waals surface area (Å²) in [4.78, 5) is 22.1. The molecule has 0 saturated heterocycles. The minimum Gasteiger partial charge on any atom is -0.388 e. The second kappa shape index (κ2) is 4.49. The van der Waals surface area contributed by atoms with Gasteiger partial charge in [-0.1, -0.05) is 15.9 Å². The number of esters is 2. The van der Waals surface area contributed by atoms with Crippen LogP contribution in [0.1, 0.15) is 6.42 Å². The summed E-state index contributed by atoms with van der Waals surface area (Å²) in [6, 6.07) is 7.33. The smallest absolute Gasteiger partial charge is 0.362 e. The Morgan fingerprint density at radius 1 is 1.19 bits per heavy atom. The lowest BCUT2D eigenvalue weighted by Gasteiger charge is -2.13. The van der Waals surface area contributed by atoms with Gasteiger partial charge in [0.05, 0.1) is 6.42 Å². The number of carbonyl (C=O) groups excluding carboxylic acids is 2. The molecule has 5 heteroatoms. The van der Waals surface area contributed by atoms with Crippen molar-refractivity contribution in [1.82, 2.24) is 0 Å². The van der Waals surface area contributed by atoms with Crippen molar-refractivity contribution in [1.29, 1.82) is 0 Å². The molecule has 0 saturated carbocycles. The highest BCUT2D eigenvalue weighted by Gasteiger charge is 2.20. The minimum absolute atomic E-state index is 0.116. The van der Waals surface area contributed by atoms with Gasteiger partial charge in [0.25, 0.3) is 0 Å². The fourth-order valence-corrected chi connectivity index (χ4v) is 1.52. The van der Waals surface area contributed by atoms with E-state index in [2.05, 4.69) is 26.0 Å². The average molecular weight is 282 g/mol. The highest BCUT2D eigenvalue weighted by Crippen LogP contribution is 2.17. The molecule has 0 amide bonds. The molecule has 1 aliphatic rings. The summed E-state index contributed by atoms with van der Waals surface area (Å²) >= 11 is 3.31. The summed E-state index contributed by atoms with van der Waals surface area (Å²) in [6.07, 6.45) is 1.64. The number of hydrogen-bond donors (Lipinski definition) is 1. The van der Waals surface area contributed by atoms with Gasteiger partial charge in [0.1, 0.15) is 5.70 Å². The van der Waals surface area contributed by atoms with Crippen LogP contribution in [-0.4, -0.2) is 11.9 Å². The number of cyclic esters (lactones) is 2. The Hall–Kier alpha value is -1.62. The van der Waals surface area contributed by atoms with Gasteiger partial charge in [-0.15, -0.1) is 0 Å². The first-order valence-corrected chi connectivity index (χ1v) is 5.42. The Labute approximate surface area is 100 Å². The molecule has 2 rings (SSSR count). The lowest BCUT2D eigenvalue weighted by molar-refractivity contribution is -0.157. The molecule has 0 fully saturated rings. The predicted molar refractivity (Wildman–Crippen MR) is 61.6 cm³/mol. The Bertz CT molecular complexity index is 465. The number of hydrogen-bond acceptors (Lipinski definition) is 4. The number of halogens is 1. The van der Waals surface area contributed by atoms with Gasteiger partial charge < -0.3 is 10.1 Å². The van der Waals surface area contributed by atoms with Crippen LogP contribution in [0, 0.1) is 0 Å². The molecule has 82 valence electrons. The van der Waals surface area contributed by atoms with Crippen LogP contribution in [0.3, 0.4) is 0 Å². The second-order valence-corrected chi connectivity index (χ2v) is 4.13. The Morgan fingerprint density at radius 2 is 1.88 bits per heavy atom. The Morgan fingerprint density at radius 3 is 2.50 bits per heavy atom. The molecule has 4 nitrogen and oxygen atoms in total. The van der Waals surface area contributed by atoms with Crippen molar-refractivity contribution in [2.45, 2.75) is 6.42 Å². The number of rotatable bonds is 2. The predicted octanol–water partition coefficient (Wildman–Crippen LogP) is 2.22. The maximum Gasteiger partial charge on any atom is 0.362 e. The van der Waals surface area contributed by atoms with Gasteiger partial charge in [0.15, 0.2) is 0 Å². The first kappa shape index (κ1) is 10.9. The van der Waals surface area contributed by atoms with Gasteiger partial charge >= 0.3 is 11.9 Å². The molecule has 1 aromatic rings. The molecule has 0 unspecified atom stereocenters. The molecule has 0 bridgehead atoms. The first-order valence-electron chi connectivity index (χ1n) is 4.63. The Balaban J connectivity index is 2.13. The van der Waals surface area contributed by atoms with E-state index in [1.54, 1.807) is 0 Å². The largest absolute Gasteiger partial charge is 0.388 e. The fraction of sp³-hybridized carbons (Fsp3) is 0.0909. The number of nitrogens with one attached hydrogen (secondary N) is 1. The summed E-state index contributed by atoms with van der Waals surface area (Å²) < 4.78 is 5.43. The zero-order valence-electron chi connectivity index (χ0n) is 8.20. The molecular formula is C11H8BrNO3. The second-order valence-electron chi connectivity index (χ2n) is 3.22. The molecular weight excluding hydrogens is 274 g/mol. The van der Waals surface area contributed by atoms with Gasteiger partial charge in [-0.25, -0.2) is 4.79 Å². The third kappa shape index (κ3) is 2.49. The van der Waals surface area contributed by atoms with Gasteiger partial charge in [0, 0.05) is 10.2 Å². The van der Waals surface area contributed by atoms with Crippen LogP contribution in [0.2, 0.25) is 0 Å². The van der Waals surface area contributed by atoms with E-state index in [0.29, 0.717) is 5.70 Å². The van der Waals surface area contributed by atoms with Gasteiger partial charge in [-0.2, -0.15) is 0 Å². The van der Waals surface area contributed by atoms with E-state index in [1.165, 1.54) is 6.08 Å². The van der Waals surface area contributed by atoms with Gasteiger partial charge in [-0.05, 0) is 30.3 Å². The zero-order valence-corrected chi connectivity index (χ0v) is 9.78. The highest BCUT2D eigenvalue weighted by atomic mass is 79.9. The van der Waals surface area contributed by atoms with Crippen molar-refractivity contribution in [3.8, 4) is 0 Å². The lowest BCUT2D eigenvalue weighted by atomic mass is 10.2. The standard InChI is InChI=1S/C11H8BrNO3/c12-7-1-3-8(4-2-7)13-9-5-6-10(14)16-11(9)15/h1-5,13H,6H2. The van der Waals surface area contributed by atoms with Crippen molar-refractivity contribution in [3.05, 3.63) is 40.5 Å². The lowest BCUT2D eigenvalue weighted by Crippen LogP contribution is -2.22. The molecule has 0 spiro atoms. The molecule has 1 aliphatic heterocycles. The molecule has 16 heavy (non-hydrogen) atoms. The third-order valence-electron chi connectivity index (χ3n) is 2.02. The van der Waals surface area contributed by atoms with Crippen molar-refractivity contribution in [3.63, 3.8) is 0 Å². The maximum atomic E-state index is 11.3. The van der Waals surface area contributed by atoms with Crippen LogP contribution >= 0.6 is 15.9 Å². The van der Waals surface area contributed by atoms with Crippen molar-refractivity contribution in [2.24, 2.45) is 0 Å². The molecule has 0 aromatic heterocycles. The van der Waals surface area contributed by atoms with Crippen LogP contribution in [-0.2, 0) is 14.3 Å². The van der Waals surface area contributed by atoms with E-state index >= 15 is 0 Å². The van der Waals surface area contributed by atoms with Crippen LogP contribution < -0.4 is 5.32 Å². The van der Waals surface area contributed by atoms with Crippen LogP contribution in [0.25, 0.3) is 0 Å². The molecule has 0 aliphatic carbocycles. The van der Waals surface area contributed by atoms with Crippen LogP contribution in [0.5, 0.6) is 0 Å². The van der Waals surface area contributed by atoms with Gasteiger partial charge in [-0.3, -0.25) is 4.79 Å². The average Bonchev–Trinajstić information content (AvgIpc) is 2.25. The number of carbonyl (C=O) groups is 2. The summed E-state index contributed by atoms with van der Waals surface area (Å²) in [6.45, 7) is 0. The van der Waals surface area contributed by atoms with Crippen molar-refractivity contribution >= 4 is 33.6 Å². The van der Waals surface area contributed by atoms with Gasteiger partial charge in [0.2, 0.25) is 0 Å². The zero-order chi connectivity index (χ0) is 11.5. The maximum absolute atomic E-state index is 11.3. The Kier molecular flexibility index (Phi) is 3.05. The van der Waals surface area contributed by atoms with E-state index in [-0.39, 0.29) is 6.42 Å². The van der Waals surface area contributed by atoms with E-state index in [9.17, 15) is 9.59 Å². The number of benzene rings is 1. The van der Waals surface area contributed by atoms with E-state index in [0.717, 1.165) is 10.2 Å². The first-order chi connectivity index (χ1) is 7.65. The quantitative estimate of drug-likeness (QED) is 0.667. The topological polar surface area (TPSA) is 55.4 Å². The van der Waals surface area contributed by atoms with Crippen molar-refractivity contribution in [2.75, 3.05) is 5.32 Å². The fourth-order valence-electron chi connectivity index (χ4n) is 1.26. The summed E-state index contributed by atoms with van der Waals surface area (Å²) in [5.41, 5.74) is 1.06. The van der Waals surface area contributed by atoms with Crippen molar-refractivity contribution < 1.29 is 14.3 Å². The van der Waals surface area contributed by atoms with E-state index in [4.69, 9.17) is 0 Å². The number of anilines is 1. The minimum atomic E-state index is -0.640. The van der Waals surface area contributed by atoms with E-state index in [1.807, 2.05) is 24.3 Å². The van der Waals surface area contributed by atoms with Crippen LogP contribution in [0.4, 0.5) is 5.69 Å².